The lowest BCUT2D eigenvalue weighted by Gasteiger charge is -2.14. The number of fused-ring (bicyclic) bond motifs is 1. The quantitative estimate of drug-likeness (QED) is 0.556. The number of carbonyl (C=O) groups is 3. The van der Waals surface area contributed by atoms with Gasteiger partial charge in [0.2, 0.25) is 17.7 Å². The fraction of sp³-hybridized carbons (Fsp3) is 0.292. The van der Waals surface area contributed by atoms with Gasteiger partial charge in [0.15, 0.2) is 0 Å². The van der Waals surface area contributed by atoms with Gasteiger partial charge in [0.25, 0.3) is 0 Å². The van der Waals surface area contributed by atoms with Gasteiger partial charge >= 0.3 is 0 Å². The van der Waals surface area contributed by atoms with Crippen molar-refractivity contribution in [3.63, 3.8) is 0 Å². The molecule has 0 saturated carbocycles. The number of amides is 3. The van der Waals surface area contributed by atoms with Crippen LogP contribution in [0, 0.1) is 11.8 Å². The Morgan fingerprint density at radius 3 is 2.13 bits per heavy atom. The molecule has 3 amide bonds. The van der Waals surface area contributed by atoms with Crippen LogP contribution in [0.1, 0.15) is 25.7 Å². The van der Waals surface area contributed by atoms with E-state index < -0.39 is 0 Å². The summed E-state index contributed by atoms with van der Waals surface area (Å²) in [5, 5.41) is 2.84. The molecule has 0 radical (unpaired) electrons. The number of ether oxygens (including phenoxy) is 1. The summed E-state index contributed by atoms with van der Waals surface area (Å²) in [5.74, 6) is 0.662. The lowest BCUT2D eigenvalue weighted by atomic mass is 9.85. The molecule has 1 fully saturated rings. The van der Waals surface area contributed by atoms with Crippen molar-refractivity contribution in [3.8, 4) is 11.5 Å². The first kappa shape index (κ1) is 19.9. The summed E-state index contributed by atoms with van der Waals surface area (Å²) >= 11 is 0. The SMILES string of the molecule is O=C(CCCN1C(=O)[C@H]2CC=CC[C@@H]2C1=O)Nc1ccc(Oc2ccccc2)cc1. The maximum absolute atomic E-state index is 12.4. The smallest absolute Gasteiger partial charge is 0.233 e. The number of imide groups is 1. The van der Waals surface area contributed by atoms with Gasteiger partial charge in [0, 0.05) is 18.7 Å². The summed E-state index contributed by atoms with van der Waals surface area (Å²) in [6.45, 7) is 0.294. The molecule has 1 aliphatic heterocycles. The molecule has 2 aromatic rings. The number of benzene rings is 2. The molecule has 2 atom stereocenters. The third-order valence-electron chi connectivity index (χ3n) is 5.50. The zero-order chi connectivity index (χ0) is 20.9. The maximum Gasteiger partial charge on any atom is 0.233 e. The normalized spacial score (nSPS) is 20.2. The number of para-hydroxylation sites is 1. The van der Waals surface area contributed by atoms with Gasteiger partial charge in [-0.2, -0.15) is 0 Å². The molecule has 1 aliphatic carbocycles. The first-order valence-electron chi connectivity index (χ1n) is 10.2. The second kappa shape index (κ2) is 8.95. The van der Waals surface area contributed by atoms with Crippen LogP contribution in [-0.4, -0.2) is 29.2 Å². The molecule has 0 aromatic heterocycles. The number of hydrogen-bond acceptors (Lipinski definition) is 4. The molecule has 30 heavy (non-hydrogen) atoms. The van der Waals surface area contributed by atoms with E-state index in [0.29, 0.717) is 37.2 Å². The molecule has 2 aliphatic rings. The van der Waals surface area contributed by atoms with E-state index >= 15 is 0 Å². The van der Waals surface area contributed by atoms with Crippen molar-refractivity contribution < 1.29 is 19.1 Å². The van der Waals surface area contributed by atoms with Crippen LogP contribution in [-0.2, 0) is 14.4 Å². The van der Waals surface area contributed by atoms with Crippen LogP contribution in [0.15, 0.2) is 66.7 Å². The number of anilines is 1. The number of allylic oxidation sites excluding steroid dienone is 2. The summed E-state index contributed by atoms with van der Waals surface area (Å²) in [6.07, 6.45) is 5.91. The Labute approximate surface area is 175 Å². The fourth-order valence-corrected chi connectivity index (χ4v) is 3.94. The molecule has 0 bridgehead atoms. The van der Waals surface area contributed by atoms with E-state index in [1.54, 1.807) is 24.3 Å². The Balaban J connectivity index is 1.23. The van der Waals surface area contributed by atoms with Crippen LogP contribution in [0.3, 0.4) is 0 Å². The van der Waals surface area contributed by atoms with E-state index in [9.17, 15) is 14.4 Å². The summed E-state index contributed by atoms with van der Waals surface area (Å²) in [7, 11) is 0. The van der Waals surface area contributed by atoms with Gasteiger partial charge in [0.1, 0.15) is 11.5 Å². The van der Waals surface area contributed by atoms with Gasteiger partial charge in [0.05, 0.1) is 11.8 Å². The Hall–Kier alpha value is -3.41. The van der Waals surface area contributed by atoms with E-state index in [0.717, 1.165) is 5.75 Å². The Morgan fingerprint density at radius 1 is 0.900 bits per heavy atom. The minimum atomic E-state index is -0.215. The summed E-state index contributed by atoms with van der Waals surface area (Å²) < 4.78 is 5.73. The maximum atomic E-state index is 12.4. The third kappa shape index (κ3) is 4.43. The second-order valence-corrected chi connectivity index (χ2v) is 7.58. The number of rotatable bonds is 7. The highest BCUT2D eigenvalue weighted by molar-refractivity contribution is 6.05. The molecule has 1 heterocycles. The monoisotopic (exact) mass is 404 g/mol. The molecule has 154 valence electrons. The molecule has 1 N–H and O–H groups in total. The van der Waals surface area contributed by atoms with Crippen LogP contribution < -0.4 is 10.1 Å². The molecular formula is C24H24N2O4. The molecule has 6 nitrogen and oxygen atoms in total. The second-order valence-electron chi connectivity index (χ2n) is 7.58. The Kier molecular flexibility index (Phi) is 5.93. The van der Waals surface area contributed by atoms with Crippen molar-refractivity contribution >= 4 is 23.4 Å². The van der Waals surface area contributed by atoms with Crippen molar-refractivity contribution in [1.82, 2.24) is 4.90 Å². The first-order valence-corrected chi connectivity index (χ1v) is 10.2. The van der Waals surface area contributed by atoms with Crippen LogP contribution in [0.5, 0.6) is 11.5 Å². The number of carbonyl (C=O) groups excluding carboxylic acids is 3. The lowest BCUT2D eigenvalue weighted by molar-refractivity contribution is -0.140. The zero-order valence-electron chi connectivity index (χ0n) is 16.6. The van der Waals surface area contributed by atoms with Gasteiger partial charge in [-0.05, 0) is 55.7 Å². The van der Waals surface area contributed by atoms with Gasteiger partial charge in [-0.25, -0.2) is 0 Å². The minimum absolute atomic E-state index is 0.0937. The molecule has 4 rings (SSSR count). The van der Waals surface area contributed by atoms with E-state index in [1.165, 1.54) is 4.90 Å². The highest BCUT2D eigenvalue weighted by Crippen LogP contribution is 2.35. The van der Waals surface area contributed by atoms with Crippen molar-refractivity contribution in [2.45, 2.75) is 25.7 Å². The molecule has 6 heteroatoms. The minimum Gasteiger partial charge on any atom is -0.457 e. The van der Waals surface area contributed by atoms with Gasteiger partial charge < -0.3 is 10.1 Å². The average molecular weight is 404 g/mol. The highest BCUT2D eigenvalue weighted by Gasteiger charge is 2.46. The number of nitrogens with one attached hydrogen (secondary N) is 1. The zero-order valence-corrected chi connectivity index (χ0v) is 16.6. The van der Waals surface area contributed by atoms with E-state index in [1.807, 2.05) is 42.5 Å². The predicted molar refractivity (Wildman–Crippen MR) is 113 cm³/mol. The van der Waals surface area contributed by atoms with Crippen molar-refractivity contribution in [2.24, 2.45) is 11.8 Å². The predicted octanol–water partition coefficient (Wildman–Crippen LogP) is 4.15. The average Bonchev–Trinajstić information content (AvgIpc) is 3.01. The Morgan fingerprint density at radius 2 is 1.50 bits per heavy atom. The van der Waals surface area contributed by atoms with Gasteiger partial charge in [-0.15, -0.1) is 0 Å². The van der Waals surface area contributed by atoms with E-state index in [-0.39, 0.29) is 36.0 Å². The Bertz CT molecular complexity index is 927. The van der Waals surface area contributed by atoms with Crippen molar-refractivity contribution in [3.05, 3.63) is 66.7 Å². The first-order chi connectivity index (χ1) is 14.6. The molecule has 0 spiro atoms. The van der Waals surface area contributed by atoms with Crippen LogP contribution >= 0.6 is 0 Å². The molecule has 2 aromatic carbocycles. The standard InChI is InChI=1S/C24H24N2O4/c27-22(11-6-16-26-23(28)20-9-4-5-10-21(20)24(26)29)25-17-12-14-19(15-13-17)30-18-7-2-1-3-8-18/h1-5,7-8,12-15,20-21H,6,9-11,16H2,(H,25,27)/t20-,21-/m0/s1. The number of nitrogens with zero attached hydrogens (tertiary/aromatic N) is 1. The lowest BCUT2D eigenvalue weighted by Crippen LogP contribution is -2.32. The van der Waals surface area contributed by atoms with Crippen molar-refractivity contribution in [2.75, 3.05) is 11.9 Å². The van der Waals surface area contributed by atoms with Crippen molar-refractivity contribution in [1.29, 1.82) is 0 Å². The fourth-order valence-electron chi connectivity index (χ4n) is 3.94. The number of likely N-dealkylation sites (tertiary alicyclic amines) is 1. The summed E-state index contributed by atoms with van der Waals surface area (Å²) in [6, 6.07) is 16.6. The largest absolute Gasteiger partial charge is 0.457 e. The number of hydrogen-bond donors (Lipinski definition) is 1. The van der Waals surface area contributed by atoms with Gasteiger partial charge in [-0.1, -0.05) is 30.4 Å². The van der Waals surface area contributed by atoms with E-state index in [4.69, 9.17) is 4.74 Å². The molecule has 1 saturated heterocycles. The topological polar surface area (TPSA) is 75.7 Å². The molecular weight excluding hydrogens is 380 g/mol. The molecule has 0 unspecified atom stereocenters. The summed E-state index contributed by atoms with van der Waals surface area (Å²) in [4.78, 5) is 38.5. The third-order valence-corrected chi connectivity index (χ3v) is 5.50. The summed E-state index contributed by atoms with van der Waals surface area (Å²) in [5.41, 5.74) is 0.672. The van der Waals surface area contributed by atoms with E-state index in [2.05, 4.69) is 5.32 Å². The van der Waals surface area contributed by atoms with Crippen LogP contribution in [0.2, 0.25) is 0 Å². The highest BCUT2D eigenvalue weighted by atomic mass is 16.5. The van der Waals surface area contributed by atoms with Gasteiger partial charge in [-0.3, -0.25) is 19.3 Å². The van der Waals surface area contributed by atoms with Crippen LogP contribution in [0.25, 0.3) is 0 Å². The van der Waals surface area contributed by atoms with Crippen LogP contribution in [0.4, 0.5) is 5.69 Å².